The minimum Gasteiger partial charge on any atom is -0.391 e. The number of aliphatic hydroxyl groups is 1. The molecule has 0 spiro atoms. The second-order valence-corrected chi connectivity index (χ2v) is 4.24. The number of carbonyl (C=O) groups is 1. The number of β-amino-alcohol motifs (C(OH)–C–C–N with tert-alkyl or cyclic N) is 1. The van der Waals surface area contributed by atoms with Crippen molar-refractivity contribution in [1.29, 1.82) is 0 Å². The number of amides is 1. The van der Waals surface area contributed by atoms with Gasteiger partial charge in [-0.25, -0.2) is 0 Å². The molecular formula is C13H12N2O2. The zero-order valence-corrected chi connectivity index (χ0v) is 9.21. The van der Waals surface area contributed by atoms with Gasteiger partial charge in [0.15, 0.2) is 0 Å². The van der Waals surface area contributed by atoms with E-state index in [9.17, 15) is 9.90 Å². The maximum absolute atomic E-state index is 11.7. The zero-order chi connectivity index (χ0) is 11.8. The fraction of sp³-hybridized carbons (Fsp3) is 0.231. The molecule has 0 aliphatic carbocycles. The van der Waals surface area contributed by atoms with Crippen LogP contribution in [0.3, 0.4) is 0 Å². The zero-order valence-electron chi connectivity index (χ0n) is 9.21. The number of hydrogen-bond acceptors (Lipinski definition) is 3. The number of fused-ring (bicyclic) bond motifs is 1. The summed E-state index contributed by atoms with van der Waals surface area (Å²) in [7, 11) is 0. The smallest absolute Gasteiger partial charge is 0.229 e. The number of aliphatic hydroxyl groups excluding tert-OH is 1. The Bertz CT molecular complexity index is 582. The third kappa shape index (κ3) is 1.76. The molecule has 0 saturated carbocycles. The lowest BCUT2D eigenvalue weighted by atomic mass is 10.2. The number of hydrogen-bond donors (Lipinski definition) is 1. The molecule has 2 heterocycles. The van der Waals surface area contributed by atoms with E-state index in [1.165, 1.54) is 0 Å². The van der Waals surface area contributed by atoms with Crippen LogP contribution in [0, 0.1) is 0 Å². The fourth-order valence-corrected chi connectivity index (χ4v) is 2.17. The van der Waals surface area contributed by atoms with E-state index in [1.54, 1.807) is 11.1 Å². The normalized spacial score (nSPS) is 20.2. The van der Waals surface area contributed by atoms with Crippen LogP contribution in [-0.4, -0.2) is 28.6 Å². The predicted octanol–water partition coefficient (Wildman–Crippen LogP) is 1.33. The van der Waals surface area contributed by atoms with E-state index >= 15 is 0 Å². The van der Waals surface area contributed by atoms with Crippen molar-refractivity contribution in [3.05, 3.63) is 36.5 Å². The predicted molar refractivity (Wildman–Crippen MR) is 64.7 cm³/mol. The van der Waals surface area contributed by atoms with Crippen molar-refractivity contribution in [2.45, 2.75) is 12.5 Å². The van der Waals surface area contributed by atoms with Gasteiger partial charge in [-0.15, -0.1) is 0 Å². The number of rotatable bonds is 1. The molecule has 3 rings (SSSR count). The van der Waals surface area contributed by atoms with Gasteiger partial charge < -0.3 is 10.0 Å². The maximum Gasteiger partial charge on any atom is 0.229 e. The highest BCUT2D eigenvalue weighted by molar-refractivity contribution is 5.98. The first-order valence-electron chi connectivity index (χ1n) is 5.57. The standard InChI is InChI=1S/C13H12N2O2/c16-11-7-13(17)15(8-11)10-3-4-12-9(6-10)2-1-5-14-12/h1-6,11,16H,7-8H2. The van der Waals surface area contributed by atoms with Crippen molar-refractivity contribution in [3.8, 4) is 0 Å². The van der Waals surface area contributed by atoms with E-state index in [0.29, 0.717) is 6.54 Å². The SMILES string of the molecule is O=C1CC(O)CN1c1ccc2ncccc2c1. The van der Waals surface area contributed by atoms with Gasteiger partial charge >= 0.3 is 0 Å². The van der Waals surface area contributed by atoms with Crippen LogP contribution in [-0.2, 0) is 4.79 Å². The van der Waals surface area contributed by atoms with E-state index in [0.717, 1.165) is 16.6 Å². The van der Waals surface area contributed by atoms with Crippen LogP contribution < -0.4 is 4.90 Å². The van der Waals surface area contributed by atoms with Crippen LogP contribution in [0.5, 0.6) is 0 Å². The van der Waals surface area contributed by atoms with Gasteiger partial charge in [0.25, 0.3) is 0 Å². The Kier molecular flexibility index (Phi) is 2.30. The number of benzene rings is 1. The van der Waals surface area contributed by atoms with Gasteiger partial charge in [0.2, 0.25) is 5.91 Å². The highest BCUT2D eigenvalue weighted by Gasteiger charge is 2.28. The number of anilines is 1. The fourth-order valence-electron chi connectivity index (χ4n) is 2.17. The van der Waals surface area contributed by atoms with Gasteiger partial charge in [0, 0.05) is 17.3 Å². The molecule has 17 heavy (non-hydrogen) atoms. The Morgan fingerprint density at radius 2 is 2.24 bits per heavy atom. The second-order valence-electron chi connectivity index (χ2n) is 4.24. The molecule has 2 aromatic rings. The summed E-state index contributed by atoms with van der Waals surface area (Å²) in [6, 6.07) is 9.52. The molecule has 1 unspecified atom stereocenters. The van der Waals surface area contributed by atoms with Gasteiger partial charge in [-0.1, -0.05) is 6.07 Å². The van der Waals surface area contributed by atoms with Gasteiger partial charge in [0.05, 0.1) is 24.6 Å². The lowest BCUT2D eigenvalue weighted by Crippen LogP contribution is -2.25. The molecule has 1 N–H and O–H groups in total. The number of aromatic nitrogens is 1. The summed E-state index contributed by atoms with van der Waals surface area (Å²) in [4.78, 5) is 17.5. The lowest BCUT2D eigenvalue weighted by molar-refractivity contribution is -0.117. The summed E-state index contributed by atoms with van der Waals surface area (Å²) in [5, 5.41) is 10.5. The third-order valence-corrected chi connectivity index (χ3v) is 3.00. The Morgan fingerprint density at radius 3 is 3.00 bits per heavy atom. The Morgan fingerprint density at radius 1 is 1.35 bits per heavy atom. The number of carbonyl (C=O) groups excluding carboxylic acids is 1. The average Bonchev–Trinajstić information content (AvgIpc) is 2.68. The molecule has 1 aromatic carbocycles. The maximum atomic E-state index is 11.7. The van der Waals surface area contributed by atoms with E-state index in [2.05, 4.69) is 4.98 Å². The van der Waals surface area contributed by atoms with Crippen molar-refractivity contribution in [1.82, 2.24) is 4.98 Å². The Hall–Kier alpha value is -1.94. The molecule has 86 valence electrons. The van der Waals surface area contributed by atoms with Crippen molar-refractivity contribution in [2.24, 2.45) is 0 Å². The summed E-state index contributed by atoms with van der Waals surface area (Å²) < 4.78 is 0. The third-order valence-electron chi connectivity index (χ3n) is 3.00. The van der Waals surface area contributed by atoms with Crippen LogP contribution in [0.4, 0.5) is 5.69 Å². The molecule has 0 radical (unpaired) electrons. The molecule has 1 saturated heterocycles. The summed E-state index contributed by atoms with van der Waals surface area (Å²) in [5.74, 6) is -0.0271. The second kappa shape index (κ2) is 3.82. The van der Waals surface area contributed by atoms with Gasteiger partial charge in [0.1, 0.15) is 0 Å². The topological polar surface area (TPSA) is 53.4 Å². The van der Waals surface area contributed by atoms with Gasteiger partial charge in [-0.05, 0) is 24.3 Å². The number of pyridine rings is 1. The quantitative estimate of drug-likeness (QED) is 0.801. The lowest BCUT2D eigenvalue weighted by Gasteiger charge is -2.16. The van der Waals surface area contributed by atoms with Crippen molar-refractivity contribution in [2.75, 3.05) is 11.4 Å². The molecule has 4 heteroatoms. The largest absolute Gasteiger partial charge is 0.391 e. The molecule has 1 fully saturated rings. The van der Waals surface area contributed by atoms with E-state index < -0.39 is 6.10 Å². The van der Waals surface area contributed by atoms with E-state index in [-0.39, 0.29) is 12.3 Å². The first-order chi connectivity index (χ1) is 8.24. The molecule has 1 aromatic heterocycles. The molecule has 4 nitrogen and oxygen atoms in total. The Labute approximate surface area is 98.5 Å². The van der Waals surface area contributed by atoms with Crippen molar-refractivity contribution < 1.29 is 9.90 Å². The van der Waals surface area contributed by atoms with Gasteiger partial charge in [-0.3, -0.25) is 9.78 Å². The molecule has 1 aliphatic rings. The van der Waals surface area contributed by atoms with Crippen molar-refractivity contribution in [3.63, 3.8) is 0 Å². The molecule has 1 aliphatic heterocycles. The molecule has 0 bridgehead atoms. The van der Waals surface area contributed by atoms with Crippen LogP contribution in [0.2, 0.25) is 0 Å². The summed E-state index contributed by atoms with van der Waals surface area (Å²) in [5.41, 5.74) is 1.73. The minimum atomic E-state index is -0.549. The molecular weight excluding hydrogens is 216 g/mol. The van der Waals surface area contributed by atoms with E-state index in [4.69, 9.17) is 0 Å². The molecule has 1 amide bonds. The summed E-state index contributed by atoms with van der Waals surface area (Å²) in [6.07, 6.45) is 1.41. The van der Waals surface area contributed by atoms with E-state index in [1.807, 2.05) is 30.3 Å². The number of nitrogens with zero attached hydrogens (tertiary/aromatic N) is 2. The minimum absolute atomic E-state index is 0.0271. The van der Waals surface area contributed by atoms with Crippen LogP contribution in [0.25, 0.3) is 10.9 Å². The first kappa shape index (κ1) is 10.2. The highest BCUT2D eigenvalue weighted by atomic mass is 16.3. The average molecular weight is 228 g/mol. The van der Waals surface area contributed by atoms with Crippen molar-refractivity contribution >= 4 is 22.5 Å². The van der Waals surface area contributed by atoms with Crippen LogP contribution in [0.15, 0.2) is 36.5 Å². The summed E-state index contributed by atoms with van der Waals surface area (Å²) in [6.45, 7) is 0.380. The van der Waals surface area contributed by atoms with Gasteiger partial charge in [-0.2, -0.15) is 0 Å². The first-order valence-corrected chi connectivity index (χ1v) is 5.57. The van der Waals surface area contributed by atoms with Crippen LogP contribution in [0.1, 0.15) is 6.42 Å². The molecule has 1 atom stereocenters. The highest BCUT2D eigenvalue weighted by Crippen LogP contribution is 2.24. The Balaban J connectivity index is 2.03. The van der Waals surface area contributed by atoms with Crippen LogP contribution >= 0.6 is 0 Å². The summed E-state index contributed by atoms with van der Waals surface area (Å²) >= 11 is 0. The monoisotopic (exact) mass is 228 g/mol.